The number of carbonyl (C=O) groups is 1. The molecule has 0 radical (unpaired) electrons. The summed E-state index contributed by atoms with van der Waals surface area (Å²) >= 11 is 0. The number of rotatable bonds is 2. The topological polar surface area (TPSA) is 59.7 Å². The average Bonchev–Trinajstić information content (AvgIpc) is 2.90. The number of aryl methyl sites for hydroxylation is 1. The Kier molecular flexibility index (Phi) is 4.37. The highest BCUT2D eigenvalue weighted by molar-refractivity contribution is 5.87. The molecule has 1 saturated carbocycles. The molecule has 3 rings (SSSR count). The number of hydrogen-bond donors (Lipinski definition) is 1. The van der Waals surface area contributed by atoms with Crippen LogP contribution in [0.25, 0.3) is 0 Å². The first-order valence-electron chi connectivity index (χ1n) is 8.86. The number of aliphatic hydroxyl groups excluding tert-OH is 1. The number of hydrogen-bond acceptors (Lipinski definition) is 4. The molecular formula is C20H28O4. The van der Waals surface area contributed by atoms with Gasteiger partial charge >= 0.3 is 5.97 Å². The van der Waals surface area contributed by atoms with Crippen molar-refractivity contribution in [1.82, 2.24) is 0 Å². The lowest BCUT2D eigenvalue weighted by molar-refractivity contribution is -0.156. The first kappa shape index (κ1) is 17.3. The fraction of sp³-hybridized carbons (Fsp3) is 0.650. The van der Waals surface area contributed by atoms with E-state index in [1.54, 1.807) is 19.3 Å². The van der Waals surface area contributed by atoms with E-state index in [-0.39, 0.29) is 23.4 Å². The van der Waals surface area contributed by atoms with E-state index in [9.17, 15) is 9.90 Å². The third-order valence-corrected chi connectivity index (χ3v) is 6.48. The van der Waals surface area contributed by atoms with Crippen LogP contribution < -0.4 is 0 Å². The standard InChI is InChI=1S/C20H28O4/c1-6-11(2)19(22)24-14-7-13(4)20(5)9-15-12(3)10-23-18(15)17(21)16(20)8-14/h6,10,13-14,16-17,21H,7-9H2,1-5H3/b11-6-/t13-,14+,16+,17+,20+/m0/s1. The Balaban J connectivity index is 1.85. The van der Waals surface area contributed by atoms with E-state index in [0.717, 1.165) is 24.0 Å². The zero-order chi connectivity index (χ0) is 17.6. The summed E-state index contributed by atoms with van der Waals surface area (Å²) in [6, 6.07) is 0. The molecule has 2 aliphatic carbocycles. The predicted molar refractivity (Wildman–Crippen MR) is 91.4 cm³/mol. The summed E-state index contributed by atoms with van der Waals surface area (Å²) in [5.41, 5.74) is 2.91. The number of fused-ring (bicyclic) bond motifs is 2. The van der Waals surface area contributed by atoms with Gasteiger partial charge in [0.25, 0.3) is 0 Å². The zero-order valence-corrected chi connectivity index (χ0v) is 15.3. The van der Waals surface area contributed by atoms with Crippen molar-refractivity contribution >= 4 is 5.97 Å². The number of allylic oxidation sites excluding steroid dienone is 1. The van der Waals surface area contributed by atoms with Crippen molar-refractivity contribution < 1.29 is 19.1 Å². The third-order valence-electron chi connectivity index (χ3n) is 6.48. The first-order chi connectivity index (χ1) is 11.3. The molecule has 1 aromatic rings. The van der Waals surface area contributed by atoms with Gasteiger partial charge < -0.3 is 14.3 Å². The van der Waals surface area contributed by atoms with Crippen LogP contribution in [0.15, 0.2) is 22.3 Å². The van der Waals surface area contributed by atoms with Gasteiger partial charge in [-0.1, -0.05) is 19.9 Å². The molecule has 1 N–H and O–H groups in total. The van der Waals surface area contributed by atoms with Crippen molar-refractivity contribution in [2.24, 2.45) is 17.3 Å². The van der Waals surface area contributed by atoms with Crippen molar-refractivity contribution in [1.29, 1.82) is 0 Å². The number of ether oxygens (including phenoxy) is 1. The molecule has 0 bridgehead atoms. The summed E-state index contributed by atoms with van der Waals surface area (Å²) in [4.78, 5) is 12.1. The van der Waals surface area contributed by atoms with Gasteiger partial charge in [0, 0.05) is 11.5 Å². The highest BCUT2D eigenvalue weighted by Gasteiger charge is 2.53. The lowest BCUT2D eigenvalue weighted by atomic mass is 9.54. The van der Waals surface area contributed by atoms with E-state index in [0.29, 0.717) is 23.7 Å². The SMILES string of the molecule is C/C=C(/C)C(=O)O[C@H]1C[C@@H]2[C@@H](O)c3occ(C)c3C[C@]2(C)[C@@H](C)C1. The maximum absolute atomic E-state index is 12.1. The molecule has 1 aromatic heterocycles. The minimum absolute atomic E-state index is 0.000399. The van der Waals surface area contributed by atoms with Crippen molar-refractivity contribution in [2.45, 2.75) is 66.1 Å². The van der Waals surface area contributed by atoms with Gasteiger partial charge in [-0.25, -0.2) is 4.79 Å². The van der Waals surface area contributed by atoms with Gasteiger partial charge in [-0.05, 0) is 62.5 Å². The number of furan rings is 1. The molecule has 0 aliphatic heterocycles. The molecule has 1 fully saturated rings. The number of esters is 1. The van der Waals surface area contributed by atoms with Crippen LogP contribution in [0.1, 0.15) is 63.5 Å². The van der Waals surface area contributed by atoms with Crippen LogP contribution >= 0.6 is 0 Å². The van der Waals surface area contributed by atoms with Crippen LogP contribution in [0.3, 0.4) is 0 Å². The highest BCUT2D eigenvalue weighted by atomic mass is 16.5. The molecule has 132 valence electrons. The predicted octanol–water partition coefficient (Wildman–Crippen LogP) is 4.11. The van der Waals surface area contributed by atoms with E-state index < -0.39 is 6.10 Å². The summed E-state index contributed by atoms with van der Waals surface area (Å²) < 4.78 is 11.3. The smallest absolute Gasteiger partial charge is 0.333 e. The molecule has 0 aromatic carbocycles. The Morgan fingerprint density at radius 2 is 2.17 bits per heavy atom. The largest absolute Gasteiger partial charge is 0.466 e. The molecule has 0 amide bonds. The second-order valence-electron chi connectivity index (χ2n) is 7.87. The van der Waals surface area contributed by atoms with Crippen LogP contribution in [-0.4, -0.2) is 17.2 Å². The number of aliphatic hydroxyl groups is 1. The molecular weight excluding hydrogens is 304 g/mol. The Labute approximate surface area is 143 Å². The summed E-state index contributed by atoms with van der Waals surface area (Å²) in [6.45, 7) is 10.1. The Hall–Kier alpha value is -1.55. The lowest BCUT2D eigenvalue weighted by Crippen LogP contribution is -2.49. The second-order valence-corrected chi connectivity index (χ2v) is 7.87. The van der Waals surface area contributed by atoms with E-state index in [1.807, 2.05) is 13.8 Å². The van der Waals surface area contributed by atoms with Gasteiger partial charge in [0.2, 0.25) is 0 Å². The van der Waals surface area contributed by atoms with Gasteiger partial charge in [0.15, 0.2) is 0 Å². The van der Waals surface area contributed by atoms with Crippen molar-refractivity contribution in [3.8, 4) is 0 Å². The second kappa shape index (κ2) is 6.07. The molecule has 2 aliphatic rings. The average molecular weight is 332 g/mol. The van der Waals surface area contributed by atoms with E-state index in [4.69, 9.17) is 9.15 Å². The quantitative estimate of drug-likeness (QED) is 0.654. The normalized spacial score (nSPS) is 36.0. The fourth-order valence-corrected chi connectivity index (χ4v) is 4.46. The maximum atomic E-state index is 12.1. The van der Waals surface area contributed by atoms with Crippen LogP contribution in [0.2, 0.25) is 0 Å². The van der Waals surface area contributed by atoms with Gasteiger partial charge in [0.1, 0.15) is 18.0 Å². The van der Waals surface area contributed by atoms with Crippen molar-refractivity contribution in [3.63, 3.8) is 0 Å². The van der Waals surface area contributed by atoms with Gasteiger partial charge in [-0.3, -0.25) is 0 Å². The van der Waals surface area contributed by atoms with E-state index in [2.05, 4.69) is 13.8 Å². The van der Waals surface area contributed by atoms with E-state index >= 15 is 0 Å². The summed E-state index contributed by atoms with van der Waals surface area (Å²) in [7, 11) is 0. The van der Waals surface area contributed by atoms with Crippen LogP contribution in [0, 0.1) is 24.2 Å². The van der Waals surface area contributed by atoms with E-state index in [1.165, 1.54) is 0 Å². The summed E-state index contributed by atoms with van der Waals surface area (Å²) in [5.74, 6) is 0.858. The van der Waals surface area contributed by atoms with Crippen molar-refractivity contribution in [2.75, 3.05) is 0 Å². The van der Waals surface area contributed by atoms with Gasteiger partial charge in [-0.15, -0.1) is 0 Å². The van der Waals surface area contributed by atoms with Crippen molar-refractivity contribution in [3.05, 3.63) is 34.8 Å². The fourth-order valence-electron chi connectivity index (χ4n) is 4.46. The molecule has 24 heavy (non-hydrogen) atoms. The zero-order valence-electron chi connectivity index (χ0n) is 15.3. The van der Waals surface area contributed by atoms with Crippen LogP contribution in [0.5, 0.6) is 0 Å². The summed E-state index contributed by atoms with van der Waals surface area (Å²) in [5, 5.41) is 10.9. The third kappa shape index (κ3) is 2.61. The Morgan fingerprint density at radius 1 is 1.46 bits per heavy atom. The monoisotopic (exact) mass is 332 g/mol. The molecule has 5 atom stereocenters. The number of carbonyl (C=O) groups excluding carboxylic acids is 1. The lowest BCUT2D eigenvalue weighted by Gasteiger charge is -2.52. The maximum Gasteiger partial charge on any atom is 0.333 e. The highest BCUT2D eigenvalue weighted by Crippen LogP contribution is 2.57. The molecule has 0 spiro atoms. The summed E-state index contributed by atoms with van der Waals surface area (Å²) in [6.07, 6.45) is 5.19. The van der Waals surface area contributed by atoms with Crippen LogP contribution in [-0.2, 0) is 16.0 Å². The minimum atomic E-state index is -0.626. The Morgan fingerprint density at radius 3 is 2.83 bits per heavy atom. The van der Waals surface area contributed by atoms with Gasteiger partial charge in [-0.2, -0.15) is 0 Å². The molecule has 0 saturated heterocycles. The van der Waals surface area contributed by atoms with Crippen LogP contribution in [0.4, 0.5) is 0 Å². The van der Waals surface area contributed by atoms with Gasteiger partial charge in [0.05, 0.1) is 6.26 Å². The molecule has 1 heterocycles. The minimum Gasteiger partial charge on any atom is -0.466 e. The Bertz CT molecular complexity index is 671. The molecule has 4 nitrogen and oxygen atoms in total. The molecule has 0 unspecified atom stereocenters. The molecule has 4 heteroatoms. The first-order valence-corrected chi connectivity index (χ1v) is 8.86.